The Labute approximate surface area is 110 Å². The topological polar surface area (TPSA) is 32.3 Å². The van der Waals surface area contributed by atoms with Gasteiger partial charge >= 0.3 is 0 Å². The summed E-state index contributed by atoms with van der Waals surface area (Å²) < 4.78 is 0. The van der Waals surface area contributed by atoms with Gasteiger partial charge in [0.05, 0.1) is 6.61 Å². The van der Waals surface area contributed by atoms with E-state index in [0.29, 0.717) is 11.8 Å². The first-order chi connectivity index (χ1) is 8.85. The molecule has 2 nitrogen and oxygen atoms in total. The van der Waals surface area contributed by atoms with Gasteiger partial charge in [0.15, 0.2) is 0 Å². The maximum Gasteiger partial charge on any atom is 0.0502 e. The first-order valence-electron chi connectivity index (χ1n) is 7.25. The Morgan fingerprint density at radius 2 is 1.89 bits per heavy atom. The molecule has 1 saturated heterocycles. The Balaban J connectivity index is 2.06. The van der Waals surface area contributed by atoms with Crippen molar-refractivity contribution in [2.75, 3.05) is 19.7 Å². The highest BCUT2D eigenvalue weighted by Crippen LogP contribution is 2.30. The number of aliphatic hydroxyl groups is 1. The Bertz CT molecular complexity index is 341. The molecule has 0 radical (unpaired) electrons. The molecule has 0 aliphatic carbocycles. The average Bonchev–Trinajstić information content (AvgIpc) is 2.43. The highest BCUT2D eigenvalue weighted by molar-refractivity contribution is 5.26. The summed E-state index contributed by atoms with van der Waals surface area (Å²) in [5, 5.41) is 13.1. The average molecular weight is 247 g/mol. The third-order valence-corrected chi connectivity index (χ3v) is 4.10. The van der Waals surface area contributed by atoms with Crippen LogP contribution < -0.4 is 5.32 Å². The largest absolute Gasteiger partial charge is 0.396 e. The standard InChI is InChI=1S/C16H25NO/c1-2-3-13-4-6-14(7-5-13)16(12-18)15-8-10-17-11-9-15/h4-7,15-18H,2-3,8-12H2,1H3. The fourth-order valence-corrected chi connectivity index (χ4v) is 2.99. The van der Waals surface area contributed by atoms with Gasteiger partial charge in [0.25, 0.3) is 0 Å². The van der Waals surface area contributed by atoms with Gasteiger partial charge in [-0.15, -0.1) is 0 Å². The Morgan fingerprint density at radius 3 is 2.44 bits per heavy atom. The van der Waals surface area contributed by atoms with E-state index in [1.54, 1.807) is 0 Å². The molecule has 1 aromatic carbocycles. The van der Waals surface area contributed by atoms with Crippen molar-refractivity contribution in [1.29, 1.82) is 0 Å². The zero-order valence-corrected chi connectivity index (χ0v) is 11.4. The number of hydrogen-bond donors (Lipinski definition) is 2. The molecule has 1 heterocycles. The smallest absolute Gasteiger partial charge is 0.0502 e. The molecule has 100 valence electrons. The number of benzene rings is 1. The third-order valence-electron chi connectivity index (χ3n) is 4.10. The summed E-state index contributed by atoms with van der Waals surface area (Å²) in [6.45, 7) is 4.67. The van der Waals surface area contributed by atoms with Crippen molar-refractivity contribution in [3.63, 3.8) is 0 Å². The van der Waals surface area contributed by atoms with Crippen molar-refractivity contribution in [2.45, 2.75) is 38.5 Å². The lowest BCUT2D eigenvalue weighted by Gasteiger charge is -2.30. The molecule has 0 saturated carbocycles. The lowest BCUT2D eigenvalue weighted by atomic mass is 9.81. The minimum absolute atomic E-state index is 0.276. The molecule has 0 aromatic heterocycles. The molecule has 0 spiro atoms. The van der Waals surface area contributed by atoms with E-state index in [0.717, 1.165) is 19.5 Å². The van der Waals surface area contributed by atoms with Gasteiger partial charge in [-0.3, -0.25) is 0 Å². The molecule has 2 N–H and O–H groups in total. The molecule has 0 amide bonds. The molecular weight excluding hydrogens is 222 g/mol. The molecular formula is C16H25NO. The molecule has 0 bridgehead atoms. The second-order valence-electron chi connectivity index (χ2n) is 5.37. The first kappa shape index (κ1) is 13.6. The molecule has 18 heavy (non-hydrogen) atoms. The van der Waals surface area contributed by atoms with Crippen LogP contribution in [0.4, 0.5) is 0 Å². The van der Waals surface area contributed by atoms with Crippen LogP contribution in [-0.2, 0) is 6.42 Å². The van der Waals surface area contributed by atoms with Gasteiger partial charge in [-0.2, -0.15) is 0 Å². The highest BCUT2D eigenvalue weighted by Gasteiger charge is 2.24. The summed E-state index contributed by atoms with van der Waals surface area (Å²) in [7, 11) is 0. The van der Waals surface area contributed by atoms with Crippen molar-refractivity contribution in [2.24, 2.45) is 5.92 Å². The minimum Gasteiger partial charge on any atom is -0.396 e. The zero-order chi connectivity index (χ0) is 12.8. The second kappa shape index (κ2) is 6.91. The number of aryl methyl sites for hydroxylation is 1. The van der Waals surface area contributed by atoms with Crippen LogP contribution in [0.15, 0.2) is 24.3 Å². The number of nitrogens with one attached hydrogen (secondary N) is 1. The van der Waals surface area contributed by atoms with E-state index in [1.165, 1.54) is 30.4 Å². The summed E-state index contributed by atoms with van der Waals surface area (Å²) >= 11 is 0. The Hall–Kier alpha value is -0.860. The number of aliphatic hydroxyl groups excluding tert-OH is 1. The van der Waals surface area contributed by atoms with Gasteiger partial charge in [0.2, 0.25) is 0 Å². The van der Waals surface area contributed by atoms with Gasteiger partial charge in [0, 0.05) is 5.92 Å². The van der Waals surface area contributed by atoms with Gasteiger partial charge < -0.3 is 10.4 Å². The van der Waals surface area contributed by atoms with E-state index in [2.05, 4.69) is 36.5 Å². The quantitative estimate of drug-likeness (QED) is 0.838. The molecule has 2 rings (SSSR count). The van der Waals surface area contributed by atoms with Crippen LogP contribution in [0.2, 0.25) is 0 Å². The van der Waals surface area contributed by atoms with Gasteiger partial charge in [-0.1, -0.05) is 37.6 Å². The number of piperidine rings is 1. The Morgan fingerprint density at radius 1 is 1.22 bits per heavy atom. The van der Waals surface area contributed by atoms with Crippen molar-refractivity contribution in [3.05, 3.63) is 35.4 Å². The fraction of sp³-hybridized carbons (Fsp3) is 0.625. The van der Waals surface area contributed by atoms with Crippen molar-refractivity contribution in [1.82, 2.24) is 5.32 Å². The lowest BCUT2D eigenvalue weighted by molar-refractivity contribution is 0.201. The minimum atomic E-state index is 0.276. The molecule has 1 atom stereocenters. The first-order valence-corrected chi connectivity index (χ1v) is 7.25. The van der Waals surface area contributed by atoms with Gasteiger partial charge in [0.1, 0.15) is 0 Å². The predicted molar refractivity (Wildman–Crippen MR) is 75.9 cm³/mol. The summed E-state index contributed by atoms with van der Waals surface area (Å²) in [4.78, 5) is 0. The van der Waals surface area contributed by atoms with Crippen LogP contribution in [0.5, 0.6) is 0 Å². The van der Waals surface area contributed by atoms with Crippen LogP contribution in [0.1, 0.15) is 43.2 Å². The van der Waals surface area contributed by atoms with Gasteiger partial charge in [-0.25, -0.2) is 0 Å². The Kier molecular flexibility index (Phi) is 5.21. The molecule has 1 aliphatic rings. The second-order valence-corrected chi connectivity index (χ2v) is 5.37. The molecule has 2 heteroatoms. The SMILES string of the molecule is CCCc1ccc(C(CO)C2CCNCC2)cc1. The summed E-state index contributed by atoms with van der Waals surface area (Å²) in [6.07, 6.45) is 4.71. The summed E-state index contributed by atoms with van der Waals surface area (Å²) in [6, 6.07) is 8.88. The van der Waals surface area contributed by atoms with Gasteiger partial charge in [-0.05, 0) is 49.4 Å². The van der Waals surface area contributed by atoms with Crippen LogP contribution in [0, 0.1) is 5.92 Å². The van der Waals surface area contributed by atoms with Crippen LogP contribution in [-0.4, -0.2) is 24.8 Å². The normalized spacial score (nSPS) is 18.8. The van der Waals surface area contributed by atoms with Crippen molar-refractivity contribution in [3.8, 4) is 0 Å². The predicted octanol–water partition coefficient (Wildman–Crippen LogP) is 2.71. The van der Waals surface area contributed by atoms with Crippen LogP contribution in [0.25, 0.3) is 0 Å². The van der Waals surface area contributed by atoms with E-state index in [4.69, 9.17) is 0 Å². The van der Waals surface area contributed by atoms with E-state index in [9.17, 15) is 5.11 Å². The zero-order valence-electron chi connectivity index (χ0n) is 11.4. The molecule has 1 aromatic rings. The van der Waals surface area contributed by atoms with E-state index in [-0.39, 0.29) is 6.61 Å². The third kappa shape index (κ3) is 3.33. The maximum absolute atomic E-state index is 9.68. The molecule has 1 unspecified atom stereocenters. The van der Waals surface area contributed by atoms with E-state index >= 15 is 0 Å². The number of rotatable bonds is 5. The van der Waals surface area contributed by atoms with Crippen LogP contribution in [0.3, 0.4) is 0 Å². The monoisotopic (exact) mass is 247 g/mol. The van der Waals surface area contributed by atoms with Crippen molar-refractivity contribution < 1.29 is 5.11 Å². The van der Waals surface area contributed by atoms with E-state index < -0.39 is 0 Å². The molecule has 1 aliphatic heterocycles. The highest BCUT2D eigenvalue weighted by atomic mass is 16.3. The lowest BCUT2D eigenvalue weighted by Crippen LogP contribution is -2.32. The van der Waals surface area contributed by atoms with E-state index in [1.807, 2.05) is 0 Å². The maximum atomic E-state index is 9.68. The fourth-order valence-electron chi connectivity index (χ4n) is 2.99. The summed E-state index contributed by atoms with van der Waals surface area (Å²) in [5.41, 5.74) is 2.72. The van der Waals surface area contributed by atoms with Crippen LogP contribution >= 0.6 is 0 Å². The summed E-state index contributed by atoms with van der Waals surface area (Å²) in [5.74, 6) is 0.955. The van der Waals surface area contributed by atoms with Crippen molar-refractivity contribution >= 4 is 0 Å². The molecule has 1 fully saturated rings. The number of hydrogen-bond acceptors (Lipinski definition) is 2.